The summed E-state index contributed by atoms with van der Waals surface area (Å²) < 4.78 is 5.33. The molecule has 4 aromatic rings. The fraction of sp³-hybridized carbons (Fsp3) is 0.125. The summed E-state index contributed by atoms with van der Waals surface area (Å²) >= 11 is 1.55. The normalized spacial score (nSPS) is 11.8. The monoisotopic (exact) mass is 416 g/mol. The molecule has 2 heterocycles. The number of thiophene rings is 1. The second kappa shape index (κ2) is 8.88. The van der Waals surface area contributed by atoms with Crippen LogP contribution in [-0.2, 0) is 9.53 Å². The van der Waals surface area contributed by atoms with Gasteiger partial charge in [0.2, 0.25) is 0 Å². The lowest BCUT2D eigenvalue weighted by Gasteiger charge is -2.14. The molecule has 0 radical (unpaired) electrons. The summed E-state index contributed by atoms with van der Waals surface area (Å²) in [7, 11) is 0. The molecule has 0 fully saturated rings. The zero-order valence-electron chi connectivity index (χ0n) is 16.4. The van der Waals surface area contributed by atoms with Gasteiger partial charge >= 0.3 is 5.97 Å². The van der Waals surface area contributed by atoms with E-state index >= 15 is 0 Å². The van der Waals surface area contributed by atoms with E-state index in [0.29, 0.717) is 22.2 Å². The van der Waals surface area contributed by atoms with E-state index < -0.39 is 5.97 Å². The second-order valence-electron chi connectivity index (χ2n) is 6.83. The van der Waals surface area contributed by atoms with Gasteiger partial charge in [-0.3, -0.25) is 4.79 Å². The lowest BCUT2D eigenvalue weighted by molar-refractivity contribution is -0.124. The number of rotatable bonds is 6. The van der Waals surface area contributed by atoms with Crippen molar-refractivity contribution < 1.29 is 14.3 Å². The van der Waals surface area contributed by atoms with Crippen molar-refractivity contribution >= 4 is 34.1 Å². The van der Waals surface area contributed by atoms with E-state index in [1.165, 1.54) is 0 Å². The minimum atomic E-state index is -0.547. The van der Waals surface area contributed by atoms with Gasteiger partial charge in [-0.15, -0.1) is 11.3 Å². The second-order valence-corrected chi connectivity index (χ2v) is 7.77. The highest BCUT2D eigenvalue weighted by Gasteiger charge is 2.17. The number of esters is 1. The topological polar surface area (TPSA) is 68.3 Å². The van der Waals surface area contributed by atoms with Crippen LogP contribution in [0.4, 0.5) is 0 Å². The Labute approximate surface area is 178 Å². The number of amides is 1. The van der Waals surface area contributed by atoms with Crippen molar-refractivity contribution in [2.24, 2.45) is 0 Å². The van der Waals surface area contributed by atoms with E-state index in [1.807, 2.05) is 79.0 Å². The Morgan fingerprint density at radius 2 is 1.80 bits per heavy atom. The maximum Gasteiger partial charge on any atom is 0.339 e. The molecule has 6 heteroatoms. The maximum atomic E-state index is 12.8. The van der Waals surface area contributed by atoms with Crippen LogP contribution in [0.2, 0.25) is 0 Å². The van der Waals surface area contributed by atoms with Crippen molar-refractivity contribution in [2.75, 3.05) is 6.61 Å². The zero-order chi connectivity index (χ0) is 20.9. The van der Waals surface area contributed by atoms with Gasteiger partial charge in [0.15, 0.2) is 6.61 Å². The van der Waals surface area contributed by atoms with Crippen LogP contribution in [0.25, 0.3) is 21.5 Å². The molecular formula is C24H20N2O3S. The molecule has 30 heavy (non-hydrogen) atoms. The molecule has 4 rings (SSSR count). The van der Waals surface area contributed by atoms with Crippen molar-refractivity contribution in [3.8, 4) is 10.6 Å². The number of hydrogen-bond acceptors (Lipinski definition) is 5. The standard InChI is InChI=1S/C24H20N2O3S/c1-16(17-8-3-2-4-9-17)25-23(27)15-29-24(28)19-14-21(22-12-7-13-30-22)26-20-11-6-5-10-18(19)20/h2-14,16H,15H2,1H3,(H,25,27). The molecule has 0 saturated heterocycles. The number of para-hydroxylation sites is 1. The average molecular weight is 417 g/mol. The Balaban J connectivity index is 1.50. The van der Waals surface area contributed by atoms with E-state index in [2.05, 4.69) is 10.3 Å². The van der Waals surface area contributed by atoms with Crippen LogP contribution >= 0.6 is 11.3 Å². The predicted molar refractivity (Wildman–Crippen MR) is 118 cm³/mol. The molecular weight excluding hydrogens is 396 g/mol. The number of pyridine rings is 1. The smallest absolute Gasteiger partial charge is 0.339 e. The van der Waals surface area contributed by atoms with Crippen LogP contribution in [0.1, 0.15) is 28.9 Å². The minimum absolute atomic E-state index is 0.176. The first-order valence-electron chi connectivity index (χ1n) is 9.57. The summed E-state index contributed by atoms with van der Waals surface area (Å²) in [6, 6.07) is 22.5. The molecule has 2 aromatic heterocycles. The number of hydrogen-bond donors (Lipinski definition) is 1. The lowest BCUT2D eigenvalue weighted by atomic mass is 10.1. The maximum absolute atomic E-state index is 12.8. The van der Waals surface area contributed by atoms with Gasteiger partial charge in [-0.05, 0) is 36.1 Å². The number of benzene rings is 2. The highest BCUT2D eigenvalue weighted by molar-refractivity contribution is 7.13. The van der Waals surface area contributed by atoms with E-state index in [0.717, 1.165) is 10.4 Å². The Hall–Kier alpha value is -3.51. The van der Waals surface area contributed by atoms with Crippen LogP contribution in [0, 0.1) is 0 Å². The minimum Gasteiger partial charge on any atom is -0.452 e. The highest BCUT2D eigenvalue weighted by Crippen LogP contribution is 2.28. The Bertz CT molecular complexity index is 1170. The lowest BCUT2D eigenvalue weighted by Crippen LogP contribution is -2.31. The summed E-state index contributed by atoms with van der Waals surface area (Å²) in [4.78, 5) is 30.7. The molecule has 2 aromatic carbocycles. The van der Waals surface area contributed by atoms with E-state index in [4.69, 9.17) is 4.74 Å². The van der Waals surface area contributed by atoms with Crippen LogP contribution in [0.5, 0.6) is 0 Å². The summed E-state index contributed by atoms with van der Waals surface area (Å²) in [6.45, 7) is 1.54. The quantitative estimate of drug-likeness (QED) is 0.449. The van der Waals surface area contributed by atoms with Gasteiger partial charge in [0, 0.05) is 5.39 Å². The molecule has 0 bridgehead atoms. The third-order valence-corrected chi connectivity index (χ3v) is 5.61. The molecule has 0 spiro atoms. The highest BCUT2D eigenvalue weighted by atomic mass is 32.1. The third-order valence-electron chi connectivity index (χ3n) is 4.72. The molecule has 150 valence electrons. The average Bonchev–Trinajstić information content (AvgIpc) is 3.32. The number of carbonyl (C=O) groups is 2. The van der Waals surface area contributed by atoms with Gasteiger partial charge in [0.25, 0.3) is 5.91 Å². The van der Waals surface area contributed by atoms with Gasteiger partial charge in [0.05, 0.1) is 27.7 Å². The predicted octanol–water partition coefficient (Wildman–Crippen LogP) is 5.00. The van der Waals surface area contributed by atoms with E-state index in [1.54, 1.807) is 17.4 Å². The first-order valence-corrected chi connectivity index (χ1v) is 10.4. The number of fused-ring (bicyclic) bond motifs is 1. The Morgan fingerprint density at radius 3 is 2.57 bits per heavy atom. The van der Waals surface area contributed by atoms with Crippen molar-refractivity contribution in [2.45, 2.75) is 13.0 Å². The van der Waals surface area contributed by atoms with Gasteiger partial charge in [-0.2, -0.15) is 0 Å². The Kier molecular flexibility index (Phi) is 5.86. The largest absolute Gasteiger partial charge is 0.452 e. The summed E-state index contributed by atoms with van der Waals surface area (Å²) in [6.07, 6.45) is 0. The number of nitrogens with one attached hydrogen (secondary N) is 1. The van der Waals surface area contributed by atoms with Gasteiger partial charge < -0.3 is 10.1 Å². The number of nitrogens with zero attached hydrogens (tertiary/aromatic N) is 1. The third kappa shape index (κ3) is 4.39. The molecule has 0 aliphatic heterocycles. The number of aromatic nitrogens is 1. The molecule has 1 atom stereocenters. The molecule has 0 aliphatic carbocycles. The number of ether oxygens (including phenoxy) is 1. The van der Waals surface area contributed by atoms with Gasteiger partial charge in [0.1, 0.15) is 0 Å². The van der Waals surface area contributed by atoms with E-state index in [-0.39, 0.29) is 18.6 Å². The fourth-order valence-electron chi connectivity index (χ4n) is 3.21. The summed E-state index contributed by atoms with van der Waals surface area (Å²) in [5.74, 6) is -0.898. The summed E-state index contributed by atoms with van der Waals surface area (Å²) in [5, 5.41) is 5.50. The van der Waals surface area contributed by atoms with Crippen LogP contribution in [0.3, 0.4) is 0 Å². The molecule has 5 nitrogen and oxygen atoms in total. The van der Waals surface area contributed by atoms with Crippen molar-refractivity contribution in [3.05, 3.63) is 89.3 Å². The van der Waals surface area contributed by atoms with Gasteiger partial charge in [-0.25, -0.2) is 9.78 Å². The van der Waals surface area contributed by atoms with Crippen molar-refractivity contribution in [3.63, 3.8) is 0 Å². The summed E-state index contributed by atoms with van der Waals surface area (Å²) in [5.41, 5.74) is 2.79. The van der Waals surface area contributed by atoms with Crippen LogP contribution < -0.4 is 5.32 Å². The van der Waals surface area contributed by atoms with Crippen LogP contribution in [-0.4, -0.2) is 23.5 Å². The zero-order valence-corrected chi connectivity index (χ0v) is 17.2. The SMILES string of the molecule is CC(NC(=O)COC(=O)c1cc(-c2cccs2)nc2ccccc12)c1ccccc1. The first-order chi connectivity index (χ1) is 14.6. The molecule has 1 unspecified atom stereocenters. The molecule has 0 saturated carbocycles. The molecule has 1 amide bonds. The first kappa shape index (κ1) is 19.8. The number of carbonyl (C=O) groups excluding carboxylic acids is 2. The van der Waals surface area contributed by atoms with Crippen LogP contribution in [0.15, 0.2) is 78.2 Å². The van der Waals surface area contributed by atoms with Crippen molar-refractivity contribution in [1.29, 1.82) is 0 Å². The Morgan fingerprint density at radius 1 is 1.03 bits per heavy atom. The fourth-order valence-corrected chi connectivity index (χ4v) is 3.90. The molecule has 1 N–H and O–H groups in total. The van der Waals surface area contributed by atoms with E-state index in [9.17, 15) is 9.59 Å². The van der Waals surface area contributed by atoms with Gasteiger partial charge in [-0.1, -0.05) is 54.6 Å². The molecule has 0 aliphatic rings. The van der Waals surface area contributed by atoms with Crippen molar-refractivity contribution in [1.82, 2.24) is 10.3 Å².